The molecule has 0 saturated heterocycles. The number of nitrogens with zero attached hydrogens (tertiary/aromatic N) is 1. The van der Waals surface area contributed by atoms with Gasteiger partial charge in [-0.2, -0.15) is 0 Å². The highest BCUT2D eigenvalue weighted by Gasteiger charge is 2.36. The zero-order valence-electron chi connectivity index (χ0n) is 42.9. The van der Waals surface area contributed by atoms with Crippen molar-refractivity contribution in [1.29, 1.82) is 0 Å². The number of carboxylic acid groups (broad SMARTS) is 2. The summed E-state index contributed by atoms with van der Waals surface area (Å²) in [4.78, 5) is 162. The molecule has 10 amide bonds. The van der Waals surface area contributed by atoms with Crippen molar-refractivity contribution in [2.45, 2.75) is 160 Å². The van der Waals surface area contributed by atoms with Crippen LogP contribution in [-0.4, -0.2) is 182 Å². The van der Waals surface area contributed by atoms with Gasteiger partial charge in [0.25, 0.3) is 0 Å². The Bertz CT molecular complexity index is 2110. The van der Waals surface area contributed by atoms with Crippen LogP contribution in [0.1, 0.15) is 98.6 Å². The lowest BCUT2D eigenvalue weighted by Crippen LogP contribution is -2.61. The number of imidazole rings is 1. The van der Waals surface area contributed by atoms with Crippen LogP contribution in [0.2, 0.25) is 0 Å². The van der Waals surface area contributed by atoms with E-state index in [0.29, 0.717) is 18.5 Å². The Morgan fingerprint density at radius 1 is 0.667 bits per heavy atom. The third kappa shape index (κ3) is 24.5. The molecular weight excluding hydrogens is 993 g/mol. The molecule has 0 fully saturated rings. The zero-order chi connectivity index (χ0) is 57.1. The number of amides is 10. The number of carbonyl (C=O) groups is 12. The predicted molar refractivity (Wildman–Crippen MR) is 263 cm³/mol. The summed E-state index contributed by atoms with van der Waals surface area (Å²) in [5.41, 5.74) is 16.8. The number of rotatable bonds is 36. The first-order chi connectivity index (χ1) is 35.1. The van der Waals surface area contributed by atoms with E-state index in [0.717, 1.165) is 0 Å². The van der Waals surface area contributed by atoms with Crippen LogP contribution in [0.15, 0.2) is 12.5 Å². The summed E-state index contributed by atoms with van der Waals surface area (Å²) in [6.45, 7) is 7.67. The number of aromatic nitrogens is 2. The predicted octanol–water partition coefficient (Wildman–Crippen LogP) is -6.29. The van der Waals surface area contributed by atoms with Gasteiger partial charge in [0.05, 0.1) is 32.0 Å². The molecule has 11 atom stereocenters. The second-order valence-corrected chi connectivity index (χ2v) is 18.3. The SMILES string of the molecule is CC[C@H](C)[C@H](NC(=O)[C@H](C)NC(=O)[C@H](CCC(=O)O)NC(=O)[C@H](CC(C)C)NC(=O)CNC(=O)[C@@H](N)[C@@H](C)O)C(=O)N[C@@H](CO)C(=O)N[C@@H](CC(N)=O)C(=O)N[C@@H](Cc1cnc[nH]1)C(=O)N[C@@H](CCCCN)C(=O)O. The Hall–Kier alpha value is -7.31. The molecule has 0 spiro atoms. The largest absolute Gasteiger partial charge is 0.481 e. The number of nitrogens with two attached hydrogens (primary N) is 3. The summed E-state index contributed by atoms with van der Waals surface area (Å²) >= 11 is 0. The molecule has 0 saturated carbocycles. The fraction of sp³-hybridized carbons (Fsp3) is 0.667. The molecule has 1 heterocycles. The van der Waals surface area contributed by atoms with Crippen molar-refractivity contribution < 1.29 is 78.0 Å². The molecule has 1 aromatic rings. The zero-order valence-corrected chi connectivity index (χ0v) is 42.9. The highest BCUT2D eigenvalue weighted by atomic mass is 16.4. The van der Waals surface area contributed by atoms with Crippen LogP contribution in [0.25, 0.3) is 0 Å². The number of carboxylic acids is 2. The summed E-state index contributed by atoms with van der Waals surface area (Å²) in [6.07, 6.45) is 0.248. The van der Waals surface area contributed by atoms with Crippen LogP contribution >= 0.6 is 0 Å². The van der Waals surface area contributed by atoms with Crippen LogP contribution in [-0.2, 0) is 64.0 Å². The average Bonchev–Trinajstić information content (AvgIpc) is 3.86. The Kier molecular flexibility index (Phi) is 29.3. The molecule has 0 aliphatic heterocycles. The molecule has 1 aromatic heterocycles. The fourth-order valence-electron chi connectivity index (χ4n) is 6.88. The molecule has 1 rings (SSSR count). The van der Waals surface area contributed by atoms with Crippen LogP contribution < -0.4 is 65.1 Å². The maximum Gasteiger partial charge on any atom is 0.326 e. The summed E-state index contributed by atoms with van der Waals surface area (Å²) in [5.74, 6) is -13.7. The van der Waals surface area contributed by atoms with E-state index in [1.165, 1.54) is 26.4 Å². The lowest BCUT2D eigenvalue weighted by molar-refractivity contribution is -0.142. The maximum absolute atomic E-state index is 13.8. The van der Waals surface area contributed by atoms with Gasteiger partial charge < -0.3 is 90.5 Å². The third-order valence-corrected chi connectivity index (χ3v) is 11.5. The monoisotopic (exact) mass is 1070 g/mol. The normalized spacial score (nSPS) is 15.5. The van der Waals surface area contributed by atoms with Crippen molar-refractivity contribution >= 4 is 71.0 Å². The van der Waals surface area contributed by atoms with Gasteiger partial charge in [0.2, 0.25) is 59.1 Å². The molecule has 0 bridgehead atoms. The van der Waals surface area contributed by atoms with Crippen molar-refractivity contribution in [2.75, 3.05) is 19.7 Å². The smallest absolute Gasteiger partial charge is 0.326 e. The first kappa shape index (κ1) is 65.7. The van der Waals surface area contributed by atoms with Gasteiger partial charge in [-0.3, -0.25) is 52.7 Å². The topological polar surface area (TPSA) is 501 Å². The minimum absolute atomic E-state index is 0.00724. The number of aliphatic hydroxyl groups excluding tert-OH is 2. The van der Waals surface area contributed by atoms with E-state index < -0.39 is 170 Å². The second-order valence-electron chi connectivity index (χ2n) is 18.3. The molecule has 0 aromatic carbocycles. The Labute approximate surface area is 432 Å². The number of carbonyl (C=O) groups excluding carboxylic acids is 10. The molecule has 20 N–H and O–H groups in total. The Morgan fingerprint density at radius 2 is 1.23 bits per heavy atom. The van der Waals surface area contributed by atoms with E-state index in [9.17, 15) is 78.0 Å². The minimum atomic E-state index is -1.84. The number of H-pyrrole nitrogens is 1. The number of aliphatic carboxylic acids is 2. The van der Waals surface area contributed by atoms with Crippen molar-refractivity contribution in [3.05, 3.63) is 18.2 Å². The van der Waals surface area contributed by atoms with Gasteiger partial charge in [-0.1, -0.05) is 34.1 Å². The quantitative estimate of drug-likeness (QED) is 0.0278. The molecule has 30 nitrogen and oxygen atoms in total. The highest BCUT2D eigenvalue weighted by Crippen LogP contribution is 2.12. The fourth-order valence-corrected chi connectivity index (χ4v) is 6.88. The van der Waals surface area contributed by atoms with Crippen molar-refractivity contribution in [3.8, 4) is 0 Å². The highest BCUT2D eigenvalue weighted by molar-refractivity contribution is 5.99. The van der Waals surface area contributed by atoms with Crippen molar-refractivity contribution in [2.24, 2.45) is 29.0 Å². The van der Waals surface area contributed by atoms with Gasteiger partial charge in [0, 0.05) is 24.7 Å². The molecule has 0 unspecified atom stereocenters. The van der Waals surface area contributed by atoms with E-state index in [-0.39, 0.29) is 38.1 Å². The lowest BCUT2D eigenvalue weighted by atomic mass is 9.97. The number of nitrogens with one attached hydrogen (secondary N) is 10. The number of aromatic amines is 1. The summed E-state index contributed by atoms with van der Waals surface area (Å²) in [6, 6.07) is -13.7. The number of unbranched alkanes of at least 4 members (excludes halogenated alkanes) is 1. The third-order valence-electron chi connectivity index (χ3n) is 11.5. The van der Waals surface area contributed by atoms with Crippen LogP contribution in [0, 0.1) is 11.8 Å². The molecule has 0 aliphatic carbocycles. The molecular formula is C45H76N14O16. The van der Waals surface area contributed by atoms with E-state index >= 15 is 0 Å². The van der Waals surface area contributed by atoms with Gasteiger partial charge in [0.1, 0.15) is 54.4 Å². The van der Waals surface area contributed by atoms with Gasteiger partial charge in [-0.15, -0.1) is 0 Å². The number of hydrogen-bond acceptors (Lipinski definition) is 17. The van der Waals surface area contributed by atoms with Gasteiger partial charge in [0.15, 0.2) is 0 Å². The molecule has 0 radical (unpaired) electrons. The van der Waals surface area contributed by atoms with Crippen LogP contribution in [0.5, 0.6) is 0 Å². The minimum Gasteiger partial charge on any atom is -0.481 e. The van der Waals surface area contributed by atoms with E-state index in [1.807, 2.05) is 0 Å². The van der Waals surface area contributed by atoms with E-state index in [4.69, 9.17) is 17.2 Å². The number of hydrogen-bond donors (Lipinski definition) is 17. The number of primary amides is 1. The summed E-state index contributed by atoms with van der Waals surface area (Å²) in [7, 11) is 0. The van der Waals surface area contributed by atoms with Gasteiger partial charge in [-0.25, -0.2) is 9.78 Å². The van der Waals surface area contributed by atoms with E-state index in [1.54, 1.807) is 27.7 Å². The maximum atomic E-state index is 13.8. The average molecular weight is 1070 g/mol. The first-order valence-corrected chi connectivity index (χ1v) is 24.3. The molecule has 30 heteroatoms. The van der Waals surface area contributed by atoms with Gasteiger partial charge >= 0.3 is 11.9 Å². The standard InChI is InChI=1S/C45H76N14O16/c1-7-22(4)36(59-37(66)23(5)52-38(67)26(11-12-34(64)65)54-39(68)28(14-21(2)3)53-33(63)18-50-43(72)35(48)24(6)61)44(73)58-31(19-60)42(71)57-30(16-32(47)62)41(70)56-29(15-25-17-49-20-51-25)40(69)55-27(45(74)75)10-8-9-13-46/h17,20-24,26-31,35-36,60-61H,7-16,18-19,46,48H2,1-6H3,(H2,47,62)(H,49,51)(H,50,72)(H,52,67)(H,53,63)(H,54,68)(H,55,69)(H,56,70)(H,57,71)(H,58,73)(H,59,66)(H,64,65)(H,74,75)/t22-,23-,24+,26-,27-,28-,29-,30-,31-,35-,36-/m0/s1. The van der Waals surface area contributed by atoms with Crippen LogP contribution in [0.3, 0.4) is 0 Å². The van der Waals surface area contributed by atoms with E-state index in [2.05, 4.69) is 57.8 Å². The molecule has 422 valence electrons. The first-order valence-electron chi connectivity index (χ1n) is 24.3. The number of aliphatic hydroxyl groups is 2. The lowest BCUT2D eigenvalue weighted by Gasteiger charge is -2.28. The van der Waals surface area contributed by atoms with Crippen LogP contribution in [0.4, 0.5) is 0 Å². The Morgan fingerprint density at radius 3 is 1.76 bits per heavy atom. The Balaban J connectivity index is 3.25. The molecule has 75 heavy (non-hydrogen) atoms. The summed E-state index contributed by atoms with van der Waals surface area (Å²) in [5, 5.41) is 60.0. The summed E-state index contributed by atoms with van der Waals surface area (Å²) < 4.78 is 0. The van der Waals surface area contributed by atoms with Gasteiger partial charge in [-0.05, 0) is 64.3 Å². The second kappa shape index (κ2) is 33.5. The van der Waals surface area contributed by atoms with Crippen molar-refractivity contribution in [3.63, 3.8) is 0 Å². The molecule has 0 aliphatic rings. The van der Waals surface area contributed by atoms with Crippen molar-refractivity contribution in [1.82, 2.24) is 57.8 Å².